The van der Waals surface area contributed by atoms with Crippen LogP contribution >= 0.6 is 11.6 Å². The van der Waals surface area contributed by atoms with E-state index < -0.39 is 0 Å². The maximum Gasteiger partial charge on any atom is 0.0597 e. The molecular formula is C17H28ClN3. The van der Waals surface area contributed by atoms with E-state index in [1.165, 1.54) is 31.4 Å². The summed E-state index contributed by atoms with van der Waals surface area (Å²) in [7, 11) is 4.12. The zero-order valence-electron chi connectivity index (χ0n) is 13.5. The number of nitrogens with zero attached hydrogens (tertiary/aromatic N) is 1. The van der Waals surface area contributed by atoms with Gasteiger partial charge in [0.15, 0.2) is 0 Å². The number of hydrogen-bond acceptors (Lipinski definition) is 3. The summed E-state index contributed by atoms with van der Waals surface area (Å²) in [5.41, 5.74) is 2.30. The summed E-state index contributed by atoms with van der Waals surface area (Å²) in [5, 5.41) is 8.09. The van der Waals surface area contributed by atoms with Crippen molar-refractivity contribution in [2.45, 2.75) is 51.1 Å². The summed E-state index contributed by atoms with van der Waals surface area (Å²) in [4.78, 5) is 2.12. The van der Waals surface area contributed by atoms with Gasteiger partial charge in [-0.2, -0.15) is 0 Å². The molecule has 1 aliphatic heterocycles. The molecule has 0 radical (unpaired) electrons. The van der Waals surface area contributed by atoms with Gasteiger partial charge in [0.05, 0.1) is 11.4 Å². The normalized spacial score (nSPS) is 20.7. The molecule has 1 aliphatic rings. The number of halogens is 1. The summed E-state index contributed by atoms with van der Waals surface area (Å²) in [6.45, 7) is 3.42. The van der Waals surface area contributed by atoms with Crippen LogP contribution in [0.15, 0.2) is 18.2 Å². The van der Waals surface area contributed by atoms with Crippen molar-refractivity contribution in [2.75, 3.05) is 30.9 Å². The Hall–Kier alpha value is -0.930. The Morgan fingerprint density at radius 3 is 2.90 bits per heavy atom. The molecule has 1 heterocycles. The summed E-state index contributed by atoms with van der Waals surface area (Å²) in [6.07, 6.45) is 6.48. The second-order valence-corrected chi connectivity index (χ2v) is 6.77. The van der Waals surface area contributed by atoms with E-state index >= 15 is 0 Å². The molecule has 1 aromatic rings. The molecule has 0 aliphatic carbocycles. The molecule has 0 saturated carbocycles. The van der Waals surface area contributed by atoms with E-state index in [1.807, 2.05) is 12.1 Å². The highest BCUT2D eigenvalue weighted by Crippen LogP contribution is 2.29. The average molecular weight is 310 g/mol. The molecule has 0 amide bonds. The predicted molar refractivity (Wildman–Crippen MR) is 93.7 cm³/mol. The third-order valence-electron chi connectivity index (χ3n) is 4.14. The van der Waals surface area contributed by atoms with E-state index in [9.17, 15) is 0 Å². The zero-order chi connectivity index (χ0) is 15.2. The quantitative estimate of drug-likeness (QED) is 0.856. The van der Waals surface area contributed by atoms with Crippen LogP contribution in [-0.4, -0.2) is 32.7 Å². The molecule has 4 heteroatoms. The summed E-state index contributed by atoms with van der Waals surface area (Å²) >= 11 is 6.15. The molecule has 21 heavy (non-hydrogen) atoms. The average Bonchev–Trinajstić information content (AvgIpc) is 2.66. The third-order valence-corrected chi connectivity index (χ3v) is 4.38. The summed E-state index contributed by atoms with van der Waals surface area (Å²) < 4.78 is 0. The van der Waals surface area contributed by atoms with Crippen LogP contribution in [0.1, 0.15) is 39.0 Å². The van der Waals surface area contributed by atoms with Crippen molar-refractivity contribution < 1.29 is 0 Å². The lowest BCUT2D eigenvalue weighted by molar-refractivity contribution is 0.456. The Balaban J connectivity index is 1.98. The molecule has 1 saturated heterocycles. The van der Waals surface area contributed by atoms with Gasteiger partial charge in [-0.3, -0.25) is 0 Å². The van der Waals surface area contributed by atoms with Crippen LogP contribution in [0, 0.1) is 0 Å². The third kappa shape index (κ3) is 5.08. The fourth-order valence-electron chi connectivity index (χ4n) is 3.07. The molecule has 118 valence electrons. The van der Waals surface area contributed by atoms with E-state index in [0.29, 0.717) is 12.1 Å². The molecule has 2 rings (SSSR count). The van der Waals surface area contributed by atoms with Gasteiger partial charge in [0.2, 0.25) is 0 Å². The minimum atomic E-state index is 0.428. The van der Waals surface area contributed by atoms with Crippen LogP contribution in [0.4, 0.5) is 11.4 Å². The van der Waals surface area contributed by atoms with Gasteiger partial charge in [-0.05, 0) is 50.9 Å². The Morgan fingerprint density at radius 1 is 1.33 bits per heavy atom. The van der Waals surface area contributed by atoms with Gasteiger partial charge >= 0.3 is 0 Å². The molecule has 1 fully saturated rings. The molecular weight excluding hydrogens is 282 g/mol. The topological polar surface area (TPSA) is 27.3 Å². The lowest BCUT2D eigenvalue weighted by Crippen LogP contribution is -2.33. The van der Waals surface area contributed by atoms with E-state index in [-0.39, 0.29) is 0 Å². The van der Waals surface area contributed by atoms with Gasteiger partial charge in [0, 0.05) is 31.2 Å². The number of rotatable bonds is 5. The highest BCUT2D eigenvalue weighted by Gasteiger charge is 2.16. The van der Waals surface area contributed by atoms with Crippen LogP contribution in [0.25, 0.3) is 0 Å². The zero-order valence-corrected chi connectivity index (χ0v) is 14.2. The summed E-state index contributed by atoms with van der Waals surface area (Å²) in [6, 6.07) is 7.10. The van der Waals surface area contributed by atoms with Crippen molar-refractivity contribution in [1.82, 2.24) is 5.32 Å². The van der Waals surface area contributed by atoms with E-state index in [2.05, 4.69) is 42.6 Å². The van der Waals surface area contributed by atoms with Gasteiger partial charge in [-0.25, -0.2) is 0 Å². The lowest BCUT2D eigenvalue weighted by Gasteiger charge is -2.25. The molecule has 2 unspecified atom stereocenters. The molecule has 3 nitrogen and oxygen atoms in total. The fourth-order valence-corrected chi connectivity index (χ4v) is 3.24. The standard InChI is InChI=1S/C17H28ClN3/c1-13(11-15-7-5-4-6-10-19-15)20-16-12-14(18)8-9-17(16)21(2)3/h8-9,12-13,15,19-20H,4-7,10-11H2,1-3H3. The van der Waals surface area contributed by atoms with E-state index in [0.717, 1.165) is 23.7 Å². The largest absolute Gasteiger partial charge is 0.381 e. The van der Waals surface area contributed by atoms with Crippen LogP contribution in [-0.2, 0) is 0 Å². The van der Waals surface area contributed by atoms with Crippen LogP contribution in [0.3, 0.4) is 0 Å². The second-order valence-electron chi connectivity index (χ2n) is 6.34. The Labute approximate surface area is 134 Å². The Kier molecular flexibility index (Phi) is 6.19. The highest BCUT2D eigenvalue weighted by atomic mass is 35.5. The van der Waals surface area contributed by atoms with Crippen molar-refractivity contribution in [2.24, 2.45) is 0 Å². The first-order valence-electron chi connectivity index (χ1n) is 8.03. The molecule has 2 atom stereocenters. The molecule has 1 aromatic carbocycles. The second kappa shape index (κ2) is 7.90. The smallest absolute Gasteiger partial charge is 0.0597 e. The number of benzene rings is 1. The van der Waals surface area contributed by atoms with Crippen molar-refractivity contribution in [3.05, 3.63) is 23.2 Å². The first kappa shape index (κ1) is 16.4. The molecule has 0 aromatic heterocycles. The number of anilines is 2. The van der Waals surface area contributed by atoms with Crippen molar-refractivity contribution >= 4 is 23.0 Å². The predicted octanol–water partition coefficient (Wildman–Crippen LogP) is 4.13. The minimum Gasteiger partial charge on any atom is -0.381 e. The first-order valence-corrected chi connectivity index (χ1v) is 8.41. The van der Waals surface area contributed by atoms with Crippen LogP contribution < -0.4 is 15.5 Å². The monoisotopic (exact) mass is 309 g/mol. The van der Waals surface area contributed by atoms with Gasteiger partial charge in [-0.1, -0.05) is 24.4 Å². The maximum atomic E-state index is 6.15. The number of hydrogen-bond donors (Lipinski definition) is 2. The fraction of sp³-hybridized carbons (Fsp3) is 0.647. The maximum absolute atomic E-state index is 6.15. The Morgan fingerprint density at radius 2 is 2.14 bits per heavy atom. The Bertz CT molecular complexity index is 440. The van der Waals surface area contributed by atoms with Crippen LogP contribution in [0.5, 0.6) is 0 Å². The van der Waals surface area contributed by atoms with Gasteiger partial charge < -0.3 is 15.5 Å². The van der Waals surface area contributed by atoms with Crippen molar-refractivity contribution in [3.8, 4) is 0 Å². The van der Waals surface area contributed by atoms with E-state index in [4.69, 9.17) is 11.6 Å². The van der Waals surface area contributed by atoms with E-state index in [1.54, 1.807) is 0 Å². The number of nitrogens with one attached hydrogen (secondary N) is 2. The highest BCUT2D eigenvalue weighted by molar-refractivity contribution is 6.31. The van der Waals surface area contributed by atoms with Gasteiger partial charge in [0.1, 0.15) is 0 Å². The van der Waals surface area contributed by atoms with Crippen molar-refractivity contribution in [3.63, 3.8) is 0 Å². The molecule has 2 N–H and O–H groups in total. The van der Waals surface area contributed by atoms with Gasteiger partial charge in [-0.15, -0.1) is 0 Å². The lowest BCUT2D eigenvalue weighted by atomic mass is 10.0. The van der Waals surface area contributed by atoms with Crippen LogP contribution in [0.2, 0.25) is 5.02 Å². The molecule has 0 spiro atoms. The SMILES string of the molecule is CC(CC1CCCCCN1)Nc1cc(Cl)ccc1N(C)C. The summed E-state index contributed by atoms with van der Waals surface area (Å²) in [5.74, 6) is 0. The molecule has 0 bridgehead atoms. The van der Waals surface area contributed by atoms with Gasteiger partial charge in [0.25, 0.3) is 0 Å². The van der Waals surface area contributed by atoms with Crippen molar-refractivity contribution in [1.29, 1.82) is 0 Å². The first-order chi connectivity index (χ1) is 10.1. The minimum absolute atomic E-state index is 0.428.